The number of anilines is 2. The number of nitrogens with one attached hydrogen (secondary N) is 2. The zero-order chi connectivity index (χ0) is 16.3. The van der Waals surface area contributed by atoms with Crippen molar-refractivity contribution in [1.29, 1.82) is 0 Å². The predicted octanol–water partition coefficient (Wildman–Crippen LogP) is 2.79. The summed E-state index contributed by atoms with van der Waals surface area (Å²) in [5, 5.41) is 5.94. The Hall–Kier alpha value is -2.24. The van der Waals surface area contributed by atoms with Crippen LogP contribution in [0.5, 0.6) is 0 Å². The lowest BCUT2D eigenvalue weighted by molar-refractivity contribution is -0.145. The van der Waals surface area contributed by atoms with Crippen LogP contribution in [0.25, 0.3) is 0 Å². The Bertz CT molecular complexity index is 578. The maximum Gasteiger partial charge on any atom is 0.412 e. The summed E-state index contributed by atoms with van der Waals surface area (Å²) < 4.78 is 10.0. The zero-order valence-electron chi connectivity index (χ0n) is 13.4. The molecule has 0 aromatic heterocycles. The fourth-order valence-electron chi connectivity index (χ4n) is 2.39. The van der Waals surface area contributed by atoms with Crippen molar-refractivity contribution in [2.45, 2.75) is 32.8 Å². The highest BCUT2D eigenvalue weighted by Gasteiger charge is 2.27. The first-order chi connectivity index (χ1) is 10.3. The van der Waals surface area contributed by atoms with Crippen molar-refractivity contribution in [3.8, 4) is 0 Å². The van der Waals surface area contributed by atoms with Crippen molar-refractivity contribution in [3.63, 3.8) is 0 Å². The molecule has 1 unspecified atom stereocenters. The molecule has 1 atom stereocenters. The van der Waals surface area contributed by atoms with Gasteiger partial charge in [0, 0.05) is 6.54 Å². The molecular formula is C16H22N2O4. The van der Waals surface area contributed by atoms with Crippen molar-refractivity contribution in [2.24, 2.45) is 5.92 Å². The van der Waals surface area contributed by atoms with Crippen molar-refractivity contribution in [3.05, 3.63) is 23.8 Å². The van der Waals surface area contributed by atoms with E-state index in [1.807, 2.05) is 32.9 Å². The Labute approximate surface area is 130 Å². The van der Waals surface area contributed by atoms with Gasteiger partial charge in [0.25, 0.3) is 0 Å². The Kier molecular flexibility index (Phi) is 4.59. The first-order valence-electron chi connectivity index (χ1n) is 7.24. The molecule has 120 valence electrons. The minimum Gasteiger partial charge on any atom is -0.469 e. The second-order valence-corrected chi connectivity index (χ2v) is 6.27. The summed E-state index contributed by atoms with van der Waals surface area (Å²) in [7, 11) is 1.39. The number of para-hydroxylation sites is 1. The molecular weight excluding hydrogens is 284 g/mol. The summed E-state index contributed by atoms with van der Waals surface area (Å²) in [6, 6.07) is 5.57. The molecule has 2 N–H and O–H groups in total. The van der Waals surface area contributed by atoms with E-state index in [-0.39, 0.29) is 11.9 Å². The summed E-state index contributed by atoms with van der Waals surface area (Å²) in [6.45, 7) is 5.91. The molecule has 0 aliphatic carbocycles. The van der Waals surface area contributed by atoms with E-state index in [1.165, 1.54) is 7.11 Å². The lowest BCUT2D eigenvalue weighted by atomic mass is 9.93. The van der Waals surface area contributed by atoms with Crippen molar-refractivity contribution in [2.75, 3.05) is 24.3 Å². The van der Waals surface area contributed by atoms with Gasteiger partial charge in [-0.05, 0) is 38.8 Å². The van der Waals surface area contributed by atoms with Crippen LogP contribution in [-0.2, 0) is 20.7 Å². The molecule has 1 aliphatic heterocycles. The van der Waals surface area contributed by atoms with E-state index in [9.17, 15) is 9.59 Å². The molecule has 6 nitrogen and oxygen atoms in total. The van der Waals surface area contributed by atoms with Gasteiger partial charge < -0.3 is 14.8 Å². The van der Waals surface area contributed by atoms with Gasteiger partial charge in [-0.1, -0.05) is 12.1 Å². The summed E-state index contributed by atoms with van der Waals surface area (Å²) in [4.78, 5) is 23.5. The second kappa shape index (κ2) is 6.25. The lowest BCUT2D eigenvalue weighted by Gasteiger charge is -2.27. The third kappa shape index (κ3) is 3.90. The number of carbonyl (C=O) groups excluding carboxylic acids is 2. The average molecular weight is 306 g/mol. The molecule has 0 fully saturated rings. The van der Waals surface area contributed by atoms with E-state index in [0.717, 1.165) is 11.3 Å². The predicted molar refractivity (Wildman–Crippen MR) is 84.0 cm³/mol. The van der Waals surface area contributed by atoms with Crippen molar-refractivity contribution < 1.29 is 19.1 Å². The van der Waals surface area contributed by atoms with Gasteiger partial charge in [0.15, 0.2) is 0 Å². The molecule has 1 heterocycles. The van der Waals surface area contributed by atoms with Gasteiger partial charge >= 0.3 is 12.1 Å². The molecule has 0 spiro atoms. The Morgan fingerprint density at radius 3 is 2.68 bits per heavy atom. The van der Waals surface area contributed by atoms with Gasteiger partial charge in [0.05, 0.1) is 24.4 Å². The highest BCUT2D eigenvalue weighted by Crippen LogP contribution is 2.32. The Morgan fingerprint density at radius 2 is 2.05 bits per heavy atom. The lowest BCUT2D eigenvalue weighted by Crippen LogP contribution is -2.32. The Balaban J connectivity index is 2.13. The van der Waals surface area contributed by atoms with Gasteiger partial charge in [0.1, 0.15) is 5.60 Å². The van der Waals surface area contributed by atoms with Crippen LogP contribution in [0.15, 0.2) is 18.2 Å². The number of methoxy groups -OCH3 is 1. The summed E-state index contributed by atoms with van der Waals surface area (Å²) >= 11 is 0. The molecule has 1 aromatic carbocycles. The van der Waals surface area contributed by atoms with Crippen LogP contribution in [0.3, 0.4) is 0 Å². The van der Waals surface area contributed by atoms with Crippen LogP contribution in [0.1, 0.15) is 26.3 Å². The Morgan fingerprint density at radius 1 is 1.32 bits per heavy atom. The maximum absolute atomic E-state index is 11.9. The molecule has 0 saturated heterocycles. The fourth-order valence-corrected chi connectivity index (χ4v) is 2.39. The molecule has 1 amide bonds. The van der Waals surface area contributed by atoms with E-state index in [4.69, 9.17) is 9.47 Å². The van der Waals surface area contributed by atoms with Gasteiger partial charge in [-0.15, -0.1) is 0 Å². The zero-order valence-corrected chi connectivity index (χ0v) is 13.4. The van der Waals surface area contributed by atoms with Crippen molar-refractivity contribution in [1.82, 2.24) is 0 Å². The van der Waals surface area contributed by atoms with Crippen LogP contribution in [0, 0.1) is 5.92 Å². The highest BCUT2D eigenvalue weighted by molar-refractivity contribution is 5.91. The third-order valence-electron chi connectivity index (χ3n) is 3.31. The average Bonchev–Trinajstić information content (AvgIpc) is 2.44. The normalized spacial score (nSPS) is 17.0. The SMILES string of the molecule is COC(=O)C1CNc2c(cccc2NC(=O)OC(C)(C)C)C1. The van der Waals surface area contributed by atoms with E-state index in [2.05, 4.69) is 10.6 Å². The van der Waals surface area contributed by atoms with Gasteiger partial charge in [-0.3, -0.25) is 10.1 Å². The van der Waals surface area contributed by atoms with E-state index in [1.54, 1.807) is 6.07 Å². The standard InChI is InChI=1S/C16H22N2O4/c1-16(2,3)22-15(20)18-12-7-5-6-10-8-11(14(19)21-4)9-17-13(10)12/h5-7,11,17H,8-9H2,1-4H3,(H,18,20). The molecule has 22 heavy (non-hydrogen) atoms. The van der Waals surface area contributed by atoms with Crippen LogP contribution < -0.4 is 10.6 Å². The molecule has 6 heteroatoms. The summed E-state index contributed by atoms with van der Waals surface area (Å²) in [5.74, 6) is -0.446. The van der Waals surface area contributed by atoms with E-state index in [0.29, 0.717) is 18.7 Å². The molecule has 1 aromatic rings. The number of benzene rings is 1. The maximum atomic E-state index is 11.9. The molecule has 0 saturated carbocycles. The molecule has 0 radical (unpaired) electrons. The smallest absolute Gasteiger partial charge is 0.412 e. The third-order valence-corrected chi connectivity index (χ3v) is 3.31. The number of hydrogen-bond acceptors (Lipinski definition) is 5. The number of amides is 1. The largest absolute Gasteiger partial charge is 0.469 e. The summed E-state index contributed by atoms with van der Waals surface area (Å²) in [5.41, 5.74) is 1.89. The quantitative estimate of drug-likeness (QED) is 0.822. The molecule has 2 rings (SSSR count). The van der Waals surface area contributed by atoms with Gasteiger partial charge in [-0.25, -0.2) is 4.79 Å². The number of esters is 1. The van der Waals surface area contributed by atoms with Crippen LogP contribution in [0.4, 0.5) is 16.2 Å². The van der Waals surface area contributed by atoms with Crippen molar-refractivity contribution >= 4 is 23.4 Å². The topological polar surface area (TPSA) is 76.7 Å². The fraction of sp³-hybridized carbons (Fsp3) is 0.500. The van der Waals surface area contributed by atoms with Crippen LogP contribution in [0.2, 0.25) is 0 Å². The number of hydrogen-bond donors (Lipinski definition) is 2. The van der Waals surface area contributed by atoms with E-state index < -0.39 is 11.7 Å². The monoisotopic (exact) mass is 306 g/mol. The van der Waals surface area contributed by atoms with Gasteiger partial charge in [-0.2, -0.15) is 0 Å². The highest BCUT2D eigenvalue weighted by atomic mass is 16.6. The number of ether oxygens (including phenoxy) is 2. The van der Waals surface area contributed by atoms with Gasteiger partial charge in [0.2, 0.25) is 0 Å². The molecule has 1 aliphatic rings. The minimum atomic E-state index is -0.553. The number of fused-ring (bicyclic) bond motifs is 1. The first kappa shape index (κ1) is 16.1. The number of carbonyl (C=O) groups is 2. The molecule has 0 bridgehead atoms. The first-order valence-corrected chi connectivity index (χ1v) is 7.24. The minimum absolute atomic E-state index is 0.214. The summed E-state index contributed by atoms with van der Waals surface area (Å²) in [6.07, 6.45) is 0.0801. The van der Waals surface area contributed by atoms with E-state index >= 15 is 0 Å². The number of rotatable bonds is 2. The second-order valence-electron chi connectivity index (χ2n) is 6.27. The van der Waals surface area contributed by atoms with Crippen LogP contribution in [-0.4, -0.2) is 31.3 Å². The van der Waals surface area contributed by atoms with Crippen LogP contribution >= 0.6 is 0 Å².